The minimum atomic E-state index is 0.465. The summed E-state index contributed by atoms with van der Waals surface area (Å²) in [5.41, 5.74) is 0.931. The fourth-order valence-corrected chi connectivity index (χ4v) is 5.13. The van der Waals surface area contributed by atoms with Gasteiger partial charge in [0.05, 0.1) is 0 Å². The minimum Gasteiger partial charge on any atom is -0.381 e. The number of piperidine rings is 2. The zero-order valence-corrected chi connectivity index (χ0v) is 12.0. The van der Waals surface area contributed by atoms with Crippen LogP contribution in [0.15, 0.2) is 0 Å². The van der Waals surface area contributed by atoms with Crippen molar-refractivity contribution in [3.63, 3.8) is 0 Å². The van der Waals surface area contributed by atoms with Gasteiger partial charge in [-0.1, -0.05) is 0 Å². The maximum atomic E-state index is 5.97. The molecule has 4 rings (SSSR count). The normalized spacial score (nSPS) is 47.4. The third kappa shape index (κ3) is 2.34. The van der Waals surface area contributed by atoms with Crippen LogP contribution in [0.4, 0.5) is 0 Å². The van der Waals surface area contributed by atoms with E-state index in [2.05, 4.69) is 10.6 Å². The Labute approximate surface area is 116 Å². The van der Waals surface area contributed by atoms with Crippen molar-refractivity contribution in [1.82, 2.24) is 10.6 Å². The summed E-state index contributed by atoms with van der Waals surface area (Å²) in [6.45, 7) is 4.43. The van der Waals surface area contributed by atoms with Crippen LogP contribution in [0.25, 0.3) is 0 Å². The van der Waals surface area contributed by atoms with Gasteiger partial charge < -0.3 is 15.4 Å². The average molecular weight is 264 g/mol. The van der Waals surface area contributed by atoms with Crippen LogP contribution in [0.5, 0.6) is 0 Å². The molecule has 2 aliphatic heterocycles. The summed E-state index contributed by atoms with van der Waals surface area (Å²) in [7, 11) is 0. The van der Waals surface area contributed by atoms with Crippen molar-refractivity contribution in [2.75, 3.05) is 26.3 Å². The maximum Gasteiger partial charge on any atom is 0.0483 e. The SMILES string of the molecule is C(CC12CCC(CN1)C2)OCCC12CCC(CN1)C2. The fraction of sp³-hybridized carbons (Fsp3) is 1.00. The molecule has 3 heteroatoms. The largest absolute Gasteiger partial charge is 0.381 e. The Morgan fingerprint density at radius 2 is 1.37 bits per heavy atom. The smallest absolute Gasteiger partial charge is 0.0483 e. The van der Waals surface area contributed by atoms with E-state index in [-0.39, 0.29) is 0 Å². The molecule has 2 saturated heterocycles. The first-order valence-corrected chi connectivity index (χ1v) is 8.36. The minimum absolute atomic E-state index is 0.465. The molecule has 0 aromatic carbocycles. The van der Waals surface area contributed by atoms with Crippen molar-refractivity contribution in [1.29, 1.82) is 0 Å². The zero-order valence-electron chi connectivity index (χ0n) is 12.0. The molecule has 4 bridgehead atoms. The molecule has 19 heavy (non-hydrogen) atoms. The Kier molecular flexibility index (Phi) is 3.13. The van der Waals surface area contributed by atoms with Crippen LogP contribution >= 0.6 is 0 Å². The molecular weight excluding hydrogens is 236 g/mol. The fourth-order valence-electron chi connectivity index (χ4n) is 5.13. The van der Waals surface area contributed by atoms with Crippen LogP contribution in [-0.2, 0) is 4.74 Å². The molecule has 0 spiro atoms. The van der Waals surface area contributed by atoms with Crippen LogP contribution in [0, 0.1) is 11.8 Å². The van der Waals surface area contributed by atoms with Crippen LogP contribution in [0.1, 0.15) is 51.4 Å². The molecular formula is C16H28N2O. The molecule has 4 aliphatic rings. The van der Waals surface area contributed by atoms with Gasteiger partial charge >= 0.3 is 0 Å². The number of ether oxygens (including phenoxy) is 1. The summed E-state index contributed by atoms with van der Waals surface area (Å²) in [5, 5.41) is 7.47. The van der Waals surface area contributed by atoms with Crippen molar-refractivity contribution < 1.29 is 4.74 Å². The molecule has 4 fully saturated rings. The van der Waals surface area contributed by atoms with Gasteiger partial charge in [0.2, 0.25) is 0 Å². The van der Waals surface area contributed by atoms with Crippen molar-refractivity contribution in [2.45, 2.75) is 62.4 Å². The quantitative estimate of drug-likeness (QED) is 0.721. The van der Waals surface area contributed by atoms with Crippen molar-refractivity contribution in [3.05, 3.63) is 0 Å². The molecule has 4 atom stereocenters. The van der Waals surface area contributed by atoms with Crippen molar-refractivity contribution >= 4 is 0 Å². The van der Waals surface area contributed by atoms with E-state index in [1.807, 2.05) is 0 Å². The summed E-state index contributed by atoms with van der Waals surface area (Å²) >= 11 is 0. The van der Waals surface area contributed by atoms with Crippen LogP contribution < -0.4 is 10.6 Å². The lowest BCUT2D eigenvalue weighted by Gasteiger charge is -2.29. The highest BCUT2D eigenvalue weighted by Crippen LogP contribution is 2.43. The molecule has 4 unspecified atom stereocenters. The summed E-state index contributed by atoms with van der Waals surface area (Å²) in [5.74, 6) is 1.94. The molecule has 2 saturated carbocycles. The first kappa shape index (κ1) is 12.6. The van der Waals surface area contributed by atoms with Gasteiger partial charge in [0.15, 0.2) is 0 Å². The summed E-state index contributed by atoms with van der Waals surface area (Å²) < 4.78 is 5.97. The molecule has 0 aromatic rings. The monoisotopic (exact) mass is 264 g/mol. The molecule has 108 valence electrons. The van der Waals surface area contributed by atoms with Crippen LogP contribution in [-0.4, -0.2) is 37.4 Å². The number of rotatable bonds is 6. The van der Waals surface area contributed by atoms with Gasteiger partial charge in [0, 0.05) is 24.3 Å². The first-order chi connectivity index (χ1) is 9.28. The van der Waals surface area contributed by atoms with E-state index >= 15 is 0 Å². The Hall–Kier alpha value is -0.120. The second kappa shape index (κ2) is 4.71. The van der Waals surface area contributed by atoms with Crippen molar-refractivity contribution in [3.8, 4) is 0 Å². The van der Waals surface area contributed by atoms with Gasteiger partial charge in [-0.25, -0.2) is 0 Å². The average Bonchev–Trinajstić information content (AvgIpc) is 3.18. The molecule has 2 N–H and O–H groups in total. The molecule has 0 aromatic heterocycles. The lowest BCUT2D eigenvalue weighted by atomic mass is 9.94. The molecule has 0 radical (unpaired) electrons. The van der Waals surface area contributed by atoms with Gasteiger partial charge in [-0.2, -0.15) is 0 Å². The van der Waals surface area contributed by atoms with E-state index in [0.29, 0.717) is 11.1 Å². The number of fused-ring (bicyclic) bond motifs is 4. The Bertz CT molecular complexity index is 296. The Balaban J connectivity index is 1.16. The highest BCUT2D eigenvalue weighted by atomic mass is 16.5. The number of hydrogen-bond donors (Lipinski definition) is 2. The second-order valence-electron chi connectivity index (χ2n) is 7.65. The first-order valence-electron chi connectivity index (χ1n) is 8.36. The van der Waals surface area contributed by atoms with E-state index in [9.17, 15) is 0 Å². The van der Waals surface area contributed by atoms with Gasteiger partial charge in [-0.3, -0.25) is 0 Å². The van der Waals surface area contributed by atoms with Gasteiger partial charge in [-0.15, -0.1) is 0 Å². The molecule has 0 amide bonds. The lowest BCUT2D eigenvalue weighted by molar-refractivity contribution is 0.0915. The van der Waals surface area contributed by atoms with E-state index in [1.54, 1.807) is 0 Å². The Morgan fingerprint density at radius 3 is 1.68 bits per heavy atom. The van der Waals surface area contributed by atoms with Gasteiger partial charge in [0.1, 0.15) is 0 Å². The summed E-state index contributed by atoms with van der Waals surface area (Å²) in [6.07, 6.45) is 10.9. The molecule has 2 aliphatic carbocycles. The predicted molar refractivity (Wildman–Crippen MR) is 76.2 cm³/mol. The highest BCUT2D eigenvalue weighted by molar-refractivity contribution is 5.03. The van der Waals surface area contributed by atoms with E-state index in [0.717, 1.165) is 25.0 Å². The van der Waals surface area contributed by atoms with E-state index in [4.69, 9.17) is 4.74 Å². The van der Waals surface area contributed by atoms with E-state index < -0.39 is 0 Å². The topological polar surface area (TPSA) is 33.3 Å². The van der Waals surface area contributed by atoms with E-state index in [1.165, 1.54) is 64.5 Å². The highest BCUT2D eigenvalue weighted by Gasteiger charge is 2.45. The van der Waals surface area contributed by atoms with Crippen LogP contribution in [0.2, 0.25) is 0 Å². The summed E-state index contributed by atoms with van der Waals surface area (Å²) in [6, 6.07) is 0. The van der Waals surface area contributed by atoms with Crippen molar-refractivity contribution in [2.24, 2.45) is 11.8 Å². The number of hydrogen-bond acceptors (Lipinski definition) is 3. The predicted octanol–water partition coefficient (Wildman–Crippen LogP) is 2.07. The molecule has 2 heterocycles. The third-order valence-corrected chi connectivity index (χ3v) is 6.40. The van der Waals surface area contributed by atoms with Gasteiger partial charge in [0.25, 0.3) is 0 Å². The summed E-state index contributed by atoms with van der Waals surface area (Å²) in [4.78, 5) is 0. The second-order valence-corrected chi connectivity index (χ2v) is 7.65. The number of nitrogens with one attached hydrogen (secondary N) is 2. The van der Waals surface area contributed by atoms with Crippen LogP contribution in [0.3, 0.4) is 0 Å². The van der Waals surface area contributed by atoms with Gasteiger partial charge in [-0.05, 0) is 76.3 Å². The Morgan fingerprint density at radius 1 is 0.842 bits per heavy atom. The third-order valence-electron chi connectivity index (χ3n) is 6.40. The maximum absolute atomic E-state index is 5.97. The zero-order chi connectivity index (χ0) is 12.8. The standard InChI is InChI=1S/C16H28N2O/c1-3-15(9-13(1)11-17-15)5-7-19-8-6-16-4-2-14(10-16)12-18-16/h13-14,17-18H,1-12H2. The molecule has 3 nitrogen and oxygen atoms in total. The lowest BCUT2D eigenvalue weighted by Crippen LogP contribution is -2.42.